The van der Waals surface area contributed by atoms with E-state index in [1.54, 1.807) is 0 Å². The van der Waals surface area contributed by atoms with E-state index in [9.17, 15) is 0 Å². The number of piperazine rings is 1. The SMILES string of the molecule is CCn1c(C(C)N)cnc1OCCCN1CCN(C)CC1. The number of aromatic nitrogens is 2. The predicted molar refractivity (Wildman–Crippen MR) is 84.6 cm³/mol. The van der Waals surface area contributed by atoms with Gasteiger partial charge in [-0.25, -0.2) is 4.98 Å². The van der Waals surface area contributed by atoms with E-state index >= 15 is 0 Å². The van der Waals surface area contributed by atoms with Gasteiger partial charge in [0.05, 0.1) is 18.5 Å². The molecule has 1 atom stereocenters. The summed E-state index contributed by atoms with van der Waals surface area (Å²) in [6.07, 6.45) is 2.86. The number of hydrogen-bond donors (Lipinski definition) is 1. The van der Waals surface area contributed by atoms with Crippen molar-refractivity contribution in [3.05, 3.63) is 11.9 Å². The summed E-state index contributed by atoms with van der Waals surface area (Å²) in [6, 6.07) is 0.684. The fourth-order valence-electron chi connectivity index (χ4n) is 2.69. The molecule has 21 heavy (non-hydrogen) atoms. The van der Waals surface area contributed by atoms with Gasteiger partial charge < -0.3 is 20.3 Å². The van der Waals surface area contributed by atoms with Crippen LogP contribution in [-0.2, 0) is 6.54 Å². The number of nitrogens with two attached hydrogens (primary N) is 1. The molecular formula is C15H29N5O. The predicted octanol–water partition coefficient (Wildman–Crippen LogP) is 0.939. The molecule has 0 bridgehead atoms. The maximum Gasteiger partial charge on any atom is 0.296 e. The molecule has 6 nitrogen and oxygen atoms in total. The van der Waals surface area contributed by atoms with Crippen molar-refractivity contribution in [2.75, 3.05) is 46.4 Å². The normalized spacial score (nSPS) is 18.9. The molecule has 0 radical (unpaired) electrons. The summed E-state index contributed by atoms with van der Waals surface area (Å²) in [5.41, 5.74) is 6.97. The summed E-state index contributed by atoms with van der Waals surface area (Å²) in [7, 11) is 2.18. The number of rotatable bonds is 7. The highest BCUT2D eigenvalue weighted by Gasteiger charge is 2.14. The first kappa shape index (κ1) is 16.3. The van der Waals surface area contributed by atoms with Gasteiger partial charge in [0.2, 0.25) is 0 Å². The highest BCUT2D eigenvalue weighted by atomic mass is 16.5. The molecule has 1 aromatic heterocycles. The Morgan fingerprint density at radius 1 is 1.33 bits per heavy atom. The van der Waals surface area contributed by atoms with Crippen LogP contribution in [0, 0.1) is 0 Å². The lowest BCUT2D eigenvalue weighted by molar-refractivity contribution is 0.143. The minimum Gasteiger partial charge on any atom is -0.465 e. The summed E-state index contributed by atoms with van der Waals surface area (Å²) >= 11 is 0. The van der Waals surface area contributed by atoms with Crippen molar-refractivity contribution in [2.24, 2.45) is 5.73 Å². The Bertz CT molecular complexity index is 424. The Balaban J connectivity index is 1.73. The molecule has 0 saturated carbocycles. The van der Waals surface area contributed by atoms with Crippen LogP contribution in [0.5, 0.6) is 6.01 Å². The van der Waals surface area contributed by atoms with Gasteiger partial charge in [-0.1, -0.05) is 0 Å². The fourth-order valence-corrected chi connectivity index (χ4v) is 2.69. The van der Waals surface area contributed by atoms with Crippen LogP contribution in [0.2, 0.25) is 0 Å². The van der Waals surface area contributed by atoms with E-state index in [1.807, 2.05) is 13.1 Å². The van der Waals surface area contributed by atoms with Crippen molar-refractivity contribution >= 4 is 0 Å². The van der Waals surface area contributed by atoms with Gasteiger partial charge in [0, 0.05) is 45.3 Å². The molecule has 1 fully saturated rings. The van der Waals surface area contributed by atoms with Crippen LogP contribution in [0.1, 0.15) is 32.0 Å². The first-order valence-electron chi connectivity index (χ1n) is 7.96. The highest BCUT2D eigenvalue weighted by molar-refractivity contribution is 5.12. The minimum atomic E-state index is -0.0138. The van der Waals surface area contributed by atoms with Crippen LogP contribution in [-0.4, -0.2) is 65.7 Å². The van der Waals surface area contributed by atoms with Crippen LogP contribution >= 0.6 is 0 Å². The number of likely N-dealkylation sites (N-methyl/N-ethyl adjacent to an activating group) is 1. The van der Waals surface area contributed by atoms with E-state index in [-0.39, 0.29) is 6.04 Å². The van der Waals surface area contributed by atoms with Crippen molar-refractivity contribution in [1.82, 2.24) is 19.4 Å². The first-order valence-corrected chi connectivity index (χ1v) is 7.96. The third kappa shape index (κ3) is 4.43. The van der Waals surface area contributed by atoms with Gasteiger partial charge >= 0.3 is 0 Å². The van der Waals surface area contributed by atoms with Gasteiger partial charge in [0.1, 0.15) is 0 Å². The van der Waals surface area contributed by atoms with Crippen molar-refractivity contribution < 1.29 is 4.74 Å². The molecule has 1 saturated heterocycles. The molecule has 0 aliphatic carbocycles. The molecule has 1 unspecified atom stereocenters. The lowest BCUT2D eigenvalue weighted by Gasteiger charge is -2.32. The van der Waals surface area contributed by atoms with Gasteiger partial charge in [-0.05, 0) is 27.3 Å². The highest BCUT2D eigenvalue weighted by Crippen LogP contribution is 2.18. The molecule has 2 heterocycles. The van der Waals surface area contributed by atoms with E-state index in [4.69, 9.17) is 10.5 Å². The van der Waals surface area contributed by atoms with Crippen LogP contribution in [0.3, 0.4) is 0 Å². The van der Waals surface area contributed by atoms with Crippen LogP contribution < -0.4 is 10.5 Å². The standard InChI is InChI=1S/C15H29N5O/c1-4-20-14(13(2)16)12-17-15(20)21-11-5-6-19-9-7-18(3)8-10-19/h12-13H,4-11,16H2,1-3H3. The summed E-state index contributed by atoms with van der Waals surface area (Å²) in [5, 5.41) is 0. The monoisotopic (exact) mass is 295 g/mol. The second-order valence-electron chi connectivity index (χ2n) is 5.85. The fraction of sp³-hybridized carbons (Fsp3) is 0.800. The Labute approximate surface area is 127 Å². The number of imidazole rings is 1. The van der Waals surface area contributed by atoms with Crippen LogP contribution in [0.25, 0.3) is 0 Å². The van der Waals surface area contributed by atoms with E-state index in [0.717, 1.165) is 38.3 Å². The average Bonchev–Trinajstić information content (AvgIpc) is 2.88. The number of ether oxygens (including phenoxy) is 1. The van der Waals surface area contributed by atoms with E-state index in [0.29, 0.717) is 12.6 Å². The zero-order valence-corrected chi connectivity index (χ0v) is 13.6. The summed E-state index contributed by atoms with van der Waals surface area (Å²) in [4.78, 5) is 9.22. The third-order valence-electron chi connectivity index (χ3n) is 4.08. The third-order valence-corrected chi connectivity index (χ3v) is 4.08. The van der Waals surface area contributed by atoms with E-state index in [1.165, 1.54) is 13.1 Å². The molecule has 1 aliphatic heterocycles. The second kappa shape index (κ2) is 7.77. The molecular weight excluding hydrogens is 266 g/mol. The Hall–Kier alpha value is -1.11. The van der Waals surface area contributed by atoms with Gasteiger partial charge in [-0.15, -0.1) is 0 Å². The van der Waals surface area contributed by atoms with Crippen LogP contribution in [0.15, 0.2) is 6.20 Å². The maximum atomic E-state index is 5.94. The number of nitrogens with zero attached hydrogens (tertiary/aromatic N) is 4. The second-order valence-corrected chi connectivity index (χ2v) is 5.85. The molecule has 1 aromatic rings. The minimum absolute atomic E-state index is 0.0138. The average molecular weight is 295 g/mol. The van der Waals surface area contributed by atoms with E-state index < -0.39 is 0 Å². The van der Waals surface area contributed by atoms with Gasteiger partial charge in [-0.3, -0.25) is 4.57 Å². The molecule has 2 N–H and O–H groups in total. The lowest BCUT2D eigenvalue weighted by atomic mass is 10.3. The largest absolute Gasteiger partial charge is 0.465 e. The van der Waals surface area contributed by atoms with Gasteiger partial charge in [0.15, 0.2) is 0 Å². The molecule has 6 heteroatoms. The smallest absolute Gasteiger partial charge is 0.296 e. The quantitative estimate of drug-likeness (QED) is 0.759. The van der Waals surface area contributed by atoms with Gasteiger partial charge in [-0.2, -0.15) is 0 Å². The molecule has 120 valence electrons. The Kier molecular flexibility index (Phi) is 6.02. The molecule has 0 amide bonds. The summed E-state index contributed by atoms with van der Waals surface area (Å²) in [5.74, 6) is 0. The van der Waals surface area contributed by atoms with Crippen molar-refractivity contribution in [1.29, 1.82) is 0 Å². The first-order chi connectivity index (χ1) is 10.1. The van der Waals surface area contributed by atoms with Crippen molar-refractivity contribution in [3.8, 4) is 6.01 Å². The Morgan fingerprint density at radius 3 is 2.67 bits per heavy atom. The summed E-state index contributed by atoms with van der Waals surface area (Å²) in [6.45, 7) is 11.4. The zero-order valence-electron chi connectivity index (χ0n) is 13.6. The molecule has 2 rings (SSSR count). The van der Waals surface area contributed by atoms with Crippen molar-refractivity contribution in [2.45, 2.75) is 32.9 Å². The molecule has 0 spiro atoms. The Morgan fingerprint density at radius 2 is 2.05 bits per heavy atom. The number of hydrogen-bond acceptors (Lipinski definition) is 5. The topological polar surface area (TPSA) is 59.6 Å². The van der Waals surface area contributed by atoms with Gasteiger partial charge in [0.25, 0.3) is 6.01 Å². The zero-order chi connectivity index (χ0) is 15.2. The molecule has 1 aliphatic rings. The van der Waals surface area contributed by atoms with Crippen molar-refractivity contribution in [3.63, 3.8) is 0 Å². The van der Waals surface area contributed by atoms with E-state index in [2.05, 4.69) is 33.3 Å². The van der Waals surface area contributed by atoms with Crippen LogP contribution in [0.4, 0.5) is 0 Å². The summed E-state index contributed by atoms with van der Waals surface area (Å²) < 4.78 is 7.89. The lowest BCUT2D eigenvalue weighted by Crippen LogP contribution is -2.44. The molecule has 0 aromatic carbocycles. The maximum absolute atomic E-state index is 5.94.